The fourth-order valence-electron chi connectivity index (χ4n) is 2.96. The van der Waals surface area contributed by atoms with E-state index in [0.717, 1.165) is 32.4 Å². The number of hydrogen-bond donors (Lipinski definition) is 1. The third-order valence-electron chi connectivity index (χ3n) is 4.32. The smallest absolute Gasteiger partial charge is 0.254 e. The van der Waals surface area contributed by atoms with Crippen molar-refractivity contribution in [2.45, 2.75) is 25.3 Å². The van der Waals surface area contributed by atoms with Crippen LogP contribution < -0.4 is 19.5 Å². The molecule has 0 saturated carbocycles. The maximum Gasteiger partial charge on any atom is 0.254 e. The van der Waals surface area contributed by atoms with Gasteiger partial charge in [-0.15, -0.1) is 0 Å². The number of ether oxygens (including phenoxy) is 3. The van der Waals surface area contributed by atoms with Crippen molar-refractivity contribution in [3.05, 3.63) is 17.7 Å². The van der Waals surface area contributed by atoms with Crippen LogP contribution in [0.25, 0.3) is 0 Å². The fourth-order valence-corrected chi connectivity index (χ4v) is 2.96. The maximum atomic E-state index is 12.8. The van der Waals surface area contributed by atoms with Gasteiger partial charge in [0.2, 0.25) is 5.75 Å². The molecule has 1 fully saturated rings. The molecule has 1 amide bonds. The number of nitrogens with one attached hydrogen (secondary N) is 1. The molecule has 6 nitrogen and oxygen atoms in total. The van der Waals surface area contributed by atoms with E-state index < -0.39 is 0 Å². The van der Waals surface area contributed by atoms with Crippen LogP contribution in [0.2, 0.25) is 0 Å². The van der Waals surface area contributed by atoms with E-state index in [0.29, 0.717) is 22.8 Å². The molecule has 1 N–H and O–H groups in total. The first-order valence-electron chi connectivity index (χ1n) is 7.90. The highest BCUT2D eigenvalue weighted by Crippen LogP contribution is 2.38. The van der Waals surface area contributed by atoms with Crippen molar-refractivity contribution in [2.24, 2.45) is 0 Å². The van der Waals surface area contributed by atoms with E-state index >= 15 is 0 Å². The van der Waals surface area contributed by atoms with E-state index in [1.807, 2.05) is 11.9 Å². The average molecular weight is 322 g/mol. The Balaban J connectivity index is 2.27. The number of carbonyl (C=O) groups is 1. The van der Waals surface area contributed by atoms with Crippen LogP contribution in [-0.2, 0) is 0 Å². The Bertz CT molecular complexity index is 514. The lowest BCUT2D eigenvalue weighted by Gasteiger charge is -2.27. The summed E-state index contributed by atoms with van der Waals surface area (Å²) in [4.78, 5) is 14.7. The van der Waals surface area contributed by atoms with Crippen molar-refractivity contribution in [3.63, 3.8) is 0 Å². The predicted octanol–water partition coefficient (Wildman–Crippen LogP) is 1.93. The molecule has 6 heteroatoms. The summed E-state index contributed by atoms with van der Waals surface area (Å²) in [5, 5.41) is 3.37. The molecule has 1 aliphatic heterocycles. The fraction of sp³-hybridized carbons (Fsp3) is 0.588. The summed E-state index contributed by atoms with van der Waals surface area (Å²) in [6, 6.07) is 3.65. The SMILES string of the molecule is COc1cc(C(=O)N(C)C2CCCNCC2)cc(OC)c1OC. The van der Waals surface area contributed by atoms with Crippen LogP contribution in [0, 0.1) is 0 Å². The molecule has 2 rings (SSSR count). The van der Waals surface area contributed by atoms with Crippen LogP contribution in [0.3, 0.4) is 0 Å². The number of nitrogens with zero attached hydrogens (tertiary/aromatic N) is 1. The van der Waals surface area contributed by atoms with E-state index in [4.69, 9.17) is 14.2 Å². The zero-order valence-corrected chi connectivity index (χ0v) is 14.3. The van der Waals surface area contributed by atoms with Gasteiger partial charge in [0.1, 0.15) is 0 Å². The first-order valence-corrected chi connectivity index (χ1v) is 7.90. The number of methoxy groups -OCH3 is 3. The lowest BCUT2D eigenvalue weighted by atomic mass is 10.1. The van der Waals surface area contributed by atoms with Crippen molar-refractivity contribution in [1.29, 1.82) is 0 Å². The van der Waals surface area contributed by atoms with Crippen LogP contribution in [0.5, 0.6) is 17.2 Å². The number of amides is 1. The Morgan fingerprint density at radius 1 is 1.09 bits per heavy atom. The summed E-state index contributed by atoms with van der Waals surface area (Å²) >= 11 is 0. The summed E-state index contributed by atoms with van der Waals surface area (Å²) in [6.07, 6.45) is 3.06. The van der Waals surface area contributed by atoms with Gasteiger partial charge in [0.05, 0.1) is 21.3 Å². The summed E-state index contributed by atoms with van der Waals surface area (Å²) < 4.78 is 16.0. The maximum absolute atomic E-state index is 12.8. The van der Waals surface area contributed by atoms with Gasteiger partial charge in [-0.3, -0.25) is 4.79 Å². The number of benzene rings is 1. The van der Waals surface area contributed by atoms with Crippen molar-refractivity contribution in [1.82, 2.24) is 10.2 Å². The van der Waals surface area contributed by atoms with E-state index in [2.05, 4.69) is 5.32 Å². The van der Waals surface area contributed by atoms with Crippen molar-refractivity contribution in [2.75, 3.05) is 41.5 Å². The second-order valence-electron chi connectivity index (χ2n) is 5.66. The third kappa shape index (κ3) is 3.88. The van der Waals surface area contributed by atoms with Gasteiger partial charge in [-0.2, -0.15) is 0 Å². The van der Waals surface area contributed by atoms with Crippen LogP contribution in [0.1, 0.15) is 29.6 Å². The molecule has 1 aromatic rings. The van der Waals surface area contributed by atoms with Crippen LogP contribution in [0.15, 0.2) is 12.1 Å². The lowest BCUT2D eigenvalue weighted by molar-refractivity contribution is 0.0719. The molecule has 0 aliphatic carbocycles. The highest BCUT2D eigenvalue weighted by molar-refractivity contribution is 5.95. The second kappa shape index (κ2) is 8.06. The minimum atomic E-state index is -0.0313. The largest absolute Gasteiger partial charge is 0.493 e. The highest BCUT2D eigenvalue weighted by atomic mass is 16.5. The molecule has 1 aromatic carbocycles. The second-order valence-corrected chi connectivity index (χ2v) is 5.66. The third-order valence-corrected chi connectivity index (χ3v) is 4.32. The number of rotatable bonds is 5. The molecule has 1 unspecified atom stereocenters. The van der Waals surface area contributed by atoms with Crippen molar-refractivity contribution in [3.8, 4) is 17.2 Å². The molecule has 1 heterocycles. The molecule has 128 valence electrons. The Labute approximate surface area is 137 Å². The van der Waals surface area contributed by atoms with Crippen LogP contribution in [-0.4, -0.2) is 58.3 Å². The standard InChI is InChI=1S/C17H26N2O4/c1-19(13-6-5-8-18-9-7-13)17(20)12-10-14(21-2)16(23-4)15(11-12)22-3/h10-11,13,18H,5-9H2,1-4H3. The van der Waals surface area contributed by atoms with Gasteiger partial charge in [-0.05, 0) is 44.5 Å². The summed E-state index contributed by atoms with van der Waals surface area (Å²) in [5.41, 5.74) is 0.541. The van der Waals surface area contributed by atoms with Gasteiger partial charge in [-0.25, -0.2) is 0 Å². The first kappa shape index (κ1) is 17.4. The Morgan fingerprint density at radius 3 is 2.30 bits per heavy atom. The Kier molecular flexibility index (Phi) is 6.10. The van der Waals surface area contributed by atoms with E-state index in [1.54, 1.807) is 33.5 Å². The molecule has 23 heavy (non-hydrogen) atoms. The summed E-state index contributed by atoms with van der Waals surface area (Å²) in [7, 11) is 6.51. The zero-order valence-electron chi connectivity index (χ0n) is 14.3. The van der Waals surface area contributed by atoms with Gasteiger partial charge in [0.25, 0.3) is 5.91 Å². The monoisotopic (exact) mass is 322 g/mol. The molecule has 1 atom stereocenters. The predicted molar refractivity (Wildman–Crippen MR) is 88.7 cm³/mol. The minimum absolute atomic E-state index is 0.0313. The van der Waals surface area contributed by atoms with Crippen molar-refractivity contribution >= 4 is 5.91 Å². The van der Waals surface area contributed by atoms with Gasteiger partial charge in [0, 0.05) is 18.7 Å². The van der Waals surface area contributed by atoms with Gasteiger partial charge < -0.3 is 24.4 Å². The molecule has 0 spiro atoms. The van der Waals surface area contributed by atoms with Crippen LogP contribution in [0.4, 0.5) is 0 Å². The Morgan fingerprint density at radius 2 is 1.74 bits per heavy atom. The van der Waals surface area contributed by atoms with Gasteiger partial charge in [-0.1, -0.05) is 0 Å². The lowest BCUT2D eigenvalue weighted by Crippen LogP contribution is -2.37. The molecule has 0 radical (unpaired) electrons. The normalized spacial score (nSPS) is 18.0. The summed E-state index contributed by atoms with van der Waals surface area (Å²) in [6.45, 7) is 1.96. The average Bonchev–Trinajstić information content (AvgIpc) is 2.88. The van der Waals surface area contributed by atoms with E-state index in [1.165, 1.54) is 0 Å². The molecule has 1 saturated heterocycles. The molecule has 0 aromatic heterocycles. The zero-order chi connectivity index (χ0) is 16.8. The van der Waals surface area contributed by atoms with Crippen molar-refractivity contribution < 1.29 is 19.0 Å². The van der Waals surface area contributed by atoms with Crippen LogP contribution >= 0.6 is 0 Å². The molecule has 1 aliphatic rings. The topological polar surface area (TPSA) is 60.0 Å². The first-order chi connectivity index (χ1) is 11.1. The molecular weight excluding hydrogens is 296 g/mol. The number of hydrogen-bond acceptors (Lipinski definition) is 5. The quantitative estimate of drug-likeness (QED) is 0.897. The minimum Gasteiger partial charge on any atom is -0.493 e. The van der Waals surface area contributed by atoms with Gasteiger partial charge >= 0.3 is 0 Å². The van der Waals surface area contributed by atoms with E-state index in [-0.39, 0.29) is 11.9 Å². The highest BCUT2D eigenvalue weighted by Gasteiger charge is 2.24. The molecular formula is C17H26N2O4. The number of carbonyl (C=O) groups excluding carboxylic acids is 1. The van der Waals surface area contributed by atoms with E-state index in [9.17, 15) is 4.79 Å². The Hall–Kier alpha value is -1.95. The summed E-state index contributed by atoms with van der Waals surface area (Å²) in [5.74, 6) is 1.45. The molecule has 0 bridgehead atoms. The van der Waals surface area contributed by atoms with Gasteiger partial charge in [0.15, 0.2) is 11.5 Å².